The molecule has 1 amide bonds. The van der Waals surface area contributed by atoms with Gasteiger partial charge < -0.3 is 14.1 Å². The maximum atomic E-state index is 13.6. The third-order valence-electron chi connectivity index (χ3n) is 6.82. The van der Waals surface area contributed by atoms with Crippen molar-refractivity contribution in [2.75, 3.05) is 39.4 Å². The number of fused-ring (bicyclic) bond motifs is 2. The van der Waals surface area contributed by atoms with Gasteiger partial charge >= 0.3 is 0 Å². The van der Waals surface area contributed by atoms with E-state index >= 15 is 0 Å². The lowest BCUT2D eigenvalue weighted by molar-refractivity contribution is 0.0353. The molecule has 1 atom stereocenters. The molecule has 0 unspecified atom stereocenters. The van der Waals surface area contributed by atoms with E-state index in [1.54, 1.807) is 23.1 Å². The summed E-state index contributed by atoms with van der Waals surface area (Å²) >= 11 is 6.17. The standard InChI is InChI=1S/C27H29ClN2O4/c1-17(2)18-4-6-19(7-5-18)24-23-25(31)21-16-20(28)8-9-22(21)34-26(23)27(32)30(24)11-3-10-29-12-14-33-15-13-29/h4-9,16-17,24H,3,10-15H2,1-2H3/t24-/m1/s1. The van der Waals surface area contributed by atoms with Gasteiger partial charge in [0.05, 0.1) is 30.2 Å². The average molecular weight is 481 g/mol. The minimum absolute atomic E-state index is 0.143. The van der Waals surface area contributed by atoms with Crippen molar-refractivity contribution in [1.29, 1.82) is 0 Å². The van der Waals surface area contributed by atoms with E-state index in [-0.39, 0.29) is 17.1 Å². The predicted molar refractivity (Wildman–Crippen MR) is 133 cm³/mol. The van der Waals surface area contributed by atoms with Gasteiger partial charge in [-0.1, -0.05) is 49.7 Å². The van der Waals surface area contributed by atoms with Crippen molar-refractivity contribution in [2.24, 2.45) is 0 Å². The van der Waals surface area contributed by atoms with Crippen LogP contribution in [0.5, 0.6) is 0 Å². The summed E-state index contributed by atoms with van der Waals surface area (Å²) in [5, 5.41) is 0.863. The van der Waals surface area contributed by atoms with Crippen LogP contribution in [0.3, 0.4) is 0 Å². The smallest absolute Gasteiger partial charge is 0.290 e. The quantitative estimate of drug-likeness (QED) is 0.505. The minimum Gasteiger partial charge on any atom is -0.450 e. The Morgan fingerprint density at radius 1 is 1.03 bits per heavy atom. The number of carbonyl (C=O) groups excluding carboxylic acids is 1. The fourth-order valence-corrected chi connectivity index (χ4v) is 5.09. The monoisotopic (exact) mass is 480 g/mol. The third kappa shape index (κ3) is 4.26. The summed E-state index contributed by atoms with van der Waals surface area (Å²) < 4.78 is 11.5. The zero-order valence-electron chi connectivity index (χ0n) is 19.6. The van der Waals surface area contributed by atoms with E-state index < -0.39 is 6.04 Å². The molecular weight excluding hydrogens is 452 g/mol. The lowest BCUT2D eigenvalue weighted by atomic mass is 9.95. The highest BCUT2D eigenvalue weighted by molar-refractivity contribution is 6.31. The van der Waals surface area contributed by atoms with E-state index in [0.29, 0.717) is 34.0 Å². The second-order valence-electron chi connectivity index (χ2n) is 9.34. The van der Waals surface area contributed by atoms with Crippen LogP contribution in [0.2, 0.25) is 5.02 Å². The second kappa shape index (κ2) is 9.53. The highest BCUT2D eigenvalue weighted by atomic mass is 35.5. The van der Waals surface area contributed by atoms with Gasteiger partial charge in [-0.2, -0.15) is 0 Å². The van der Waals surface area contributed by atoms with Crippen molar-refractivity contribution >= 4 is 28.5 Å². The molecule has 178 valence electrons. The van der Waals surface area contributed by atoms with Crippen LogP contribution in [0.4, 0.5) is 0 Å². The van der Waals surface area contributed by atoms with Gasteiger partial charge in [-0.25, -0.2) is 0 Å². The van der Waals surface area contributed by atoms with Gasteiger partial charge in [0.2, 0.25) is 5.76 Å². The summed E-state index contributed by atoms with van der Waals surface area (Å²) in [6, 6.07) is 12.7. The van der Waals surface area contributed by atoms with Crippen molar-refractivity contribution < 1.29 is 13.9 Å². The Morgan fingerprint density at radius 2 is 1.76 bits per heavy atom. The van der Waals surface area contributed by atoms with Gasteiger partial charge in [-0.3, -0.25) is 14.5 Å². The van der Waals surface area contributed by atoms with Gasteiger partial charge in [-0.15, -0.1) is 0 Å². The number of hydrogen-bond acceptors (Lipinski definition) is 5. The van der Waals surface area contributed by atoms with Crippen LogP contribution in [0.15, 0.2) is 51.7 Å². The molecule has 0 aliphatic carbocycles. The summed E-state index contributed by atoms with van der Waals surface area (Å²) in [7, 11) is 0. The highest BCUT2D eigenvalue weighted by Crippen LogP contribution is 2.38. The summed E-state index contributed by atoms with van der Waals surface area (Å²) in [4.78, 5) is 31.3. The molecule has 3 heterocycles. The number of carbonyl (C=O) groups is 1. The molecule has 0 N–H and O–H groups in total. The van der Waals surface area contributed by atoms with E-state index in [0.717, 1.165) is 44.8 Å². The number of ether oxygens (including phenoxy) is 1. The minimum atomic E-state index is -0.479. The molecule has 2 aromatic carbocycles. The van der Waals surface area contributed by atoms with Gasteiger partial charge in [0, 0.05) is 31.2 Å². The predicted octanol–water partition coefficient (Wildman–Crippen LogP) is 4.84. The Balaban J connectivity index is 1.53. The molecule has 5 rings (SSSR count). The molecule has 6 nitrogen and oxygen atoms in total. The van der Waals surface area contributed by atoms with E-state index in [9.17, 15) is 9.59 Å². The molecular formula is C27H29ClN2O4. The highest BCUT2D eigenvalue weighted by Gasteiger charge is 2.42. The topological polar surface area (TPSA) is 63.0 Å². The number of morpholine rings is 1. The molecule has 34 heavy (non-hydrogen) atoms. The van der Waals surface area contributed by atoms with Crippen molar-refractivity contribution in [1.82, 2.24) is 9.80 Å². The summed E-state index contributed by atoms with van der Waals surface area (Å²) in [5.74, 6) is 0.306. The normalized spacial score (nSPS) is 18.8. The van der Waals surface area contributed by atoms with E-state index in [1.165, 1.54) is 5.56 Å². The first-order chi connectivity index (χ1) is 16.4. The molecule has 1 fully saturated rings. The number of halogens is 1. The Bertz CT molecular complexity index is 1260. The van der Waals surface area contributed by atoms with Gasteiger partial charge in [0.15, 0.2) is 5.43 Å². The van der Waals surface area contributed by atoms with Crippen molar-refractivity contribution in [3.05, 3.63) is 80.2 Å². The second-order valence-corrected chi connectivity index (χ2v) is 9.78. The van der Waals surface area contributed by atoms with Crippen molar-refractivity contribution in [3.63, 3.8) is 0 Å². The van der Waals surface area contributed by atoms with Crippen LogP contribution in [-0.4, -0.2) is 55.1 Å². The molecule has 0 spiro atoms. The molecule has 0 saturated carbocycles. The Labute approximate surface area is 204 Å². The molecule has 2 aliphatic rings. The van der Waals surface area contributed by atoms with Gasteiger partial charge in [-0.05, 0) is 41.7 Å². The Kier molecular flexibility index (Phi) is 6.47. The molecule has 0 bridgehead atoms. The number of nitrogens with zero attached hydrogens (tertiary/aromatic N) is 2. The average Bonchev–Trinajstić information content (AvgIpc) is 3.12. The zero-order valence-corrected chi connectivity index (χ0v) is 20.3. The zero-order chi connectivity index (χ0) is 23.8. The number of rotatable bonds is 6. The van der Waals surface area contributed by atoms with Gasteiger partial charge in [0.25, 0.3) is 5.91 Å². The summed E-state index contributed by atoms with van der Waals surface area (Å²) in [5.41, 5.74) is 2.72. The molecule has 1 saturated heterocycles. The maximum Gasteiger partial charge on any atom is 0.290 e. The van der Waals surface area contributed by atoms with Crippen LogP contribution >= 0.6 is 11.6 Å². The first-order valence-corrected chi connectivity index (χ1v) is 12.3. The fraction of sp³-hybridized carbons (Fsp3) is 0.407. The van der Waals surface area contributed by atoms with Crippen LogP contribution < -0.4 is 5.43 Å². The Morgan fingerprint density at radius 3 is 2.47 bits per heavy atom. The molecule has 2 aliphatic heterocycles. The molecule has 7 heteroatoms. The van der Waals surface area contributed by atoms with Crippen LogP contribution in [-0.2, 0) is 4.74 Å². The van der Waals surface area contributed by atoms with E-state index in [4.69, 9.17) is 20.8 Å². The molecule has 3 aromatic rings. The first-order valence-electron chi connectivity index (χ1n) is 11.9. The van der Waals surface area contributed by atoms with E-state index in [1.807, 2.05) is 12.1 Å². The van der Waals surface area contributed by atoms with Gasteiger partial charge in [0.1, 0.15) is 5.58 Å². The fourth-order valence-electron chi connectivity index (χ4n) is 4.92. The summed E-state index contributed by atoms with van der Waals surface area (Å²) in [6.07, 6.45) is 0.805. The molecule has 1 aromatic heterocycles. The number of benzene rings is 2. The summed E-state index contributed by atoms with van der Waals surface area (Å²) in [6.45, 7) is 8.99. The van der Waals surface area contributed by atoms with Crippen LogP contribution in [0.1, 0.15) is 59.5 Å². The van der Waals surface area contributed by atoms with Crippen molar-refractivity contribution in [3.8, 4) is 0 Å². The number of amides is 1. The largest absolute Gasteiger partial charge is 0.450 e. The first kappa shape index (κ1) is 23.1. The van der Waals surface area contributed by atoms with Crippen LogP contribution in [0, 0.1) is 0 Å². The third-order valence-corrected chi connectivity index (χ3v) is 7.06. The Hall–Kier alpha value is -2.67. The van der Waals surface area contributed by atoms with Crippen LogP contribution in [0.25, 0.3) is 11.0 Å². The number of hydrogen-bond donors (Lipinski definition) is 0. The van der Waals surface area contributed by atoms with Crippen molar-refractivity contribution in [2.45, 2.75) is 32.2 Å². The van der Waals surface area contributed by atoms with E-state index in [2.05, 4.69) is 30.9 Å². The molecule has 0 radical (unpaired) electrons. The SMILES string of the molecule is CC(C)c1ccc([C@@H]2c3c(oc4ccc(Cl)cc4c3=O)C(=O)N2CCCN2CCOCC2)cc1. The lowest BCUT2D eigenvalue weighted by Crippen LogP contribution is -2.38. The lowest BCUT2D eigenvalue weighted by Gasteiger charge is -2.29. The maximum absolute atomic E-state index is 13.6.